The standard InChI is InChI=1S/C28H32ClN3O6/c1-36-25-16-32(26(33)15-22(25)21-13-18(29)8-11-23(21)30)24(14-20-5-3-4-12-38-20)27(34)31-19-9-6-17(7-10-19)28(35)37-2/h6-11,13,16,20,22,24H,3-5,12,14-15,30H2,1-2H3,(H,31,34). The van der Waals surface area contributed by atoms with Gasteiger partial charge in [-0.25, -0.2) is 4.79 Å². The number of allylic oxidation sites excluding steroid dienone is 1. The lowest BCUT2D eigenvalue weighted by Gasteiger charge is -2.36. The highest BCUT2D eigenvalue weighted by molar-refractivity contribution is 6.30. The van der Waals surface area contributed by atoms with E-state index in [0.29, 0.717) is 46.3 Å². The second-order valence-corrected chi connectivity index (χ2v) is 9.80. The normalized spacial score (nSPS) is 20.3. The van der Waals surface area contributed by atoms with Crippen molar-refractivity contribution in [3.63, 3.8) is 0 Å². The lowest BCUT2D eigenvalue weighted by molar-refractivity contribution is -0.138. The molecule has 0 aromatic heterocycles. The summed E-state index contributed by atoms with van der Waals surface area (Å²) in [5.41, 5.74) is 8.25. The zero-order chi connectivity index (χ0) is 27.2. The summed E-state index contributed by atoms with van der Waals surface area (Å²) in [6, 6.07) is 10.6. The number of halogens is 1. The third-order valence-corrected chi connectivity index (χ3v) is 7.14. The molecule has 3 atom stereocenters. The topological polar surface area (TPSA) is 120 Å². The lowest BCUT2D eigenvalue weighted by atomic mass is 9.89. The Morgan fingerprint density at radius 2 is 1.95 bits per heavy atom. The van der Waals surface area contributed by atoms with Gasteiger partial charge in [-0.2, -0.15) is 0 Å². The maximum absolute atomic E-state index is 13.6. The maximum atomic E-state index is 13.6. The summed E-state index contributed by atoms with van der Waals surface area (Å²) < 4.78 is 16.3. The van der Waals surface area contributed by atoms with Crippen LogP contribution in [0.4, 0.5) is 11.4 Å². The molecule has 0 bridgehead atoms. The van der Waals surface area contributed by atoms with E-state index < -0.39 is 17.9 Å². The Labute approximate surface area is 226 Å². The molecule has 2 aromatic rings. The highest BCUT2D eigenvalue weighted by Crippen LogP contribution is 2.38. The minimum atomic E-state index is -0.839. The number of anilines is 2. The zero-order valence-electron chi connectivity index (χ0n) is 21.4. The molecule has 2 aromatic carbocycles. The zero-order valence-corrected chi connectivity index (χ0v) is 22.2. The van der Waals surface area contributed by atoms with E-state index in [1.807, 2.05) is 0 Å². The Balaban J connectivity index is 1.62. The van der Waals surface area contributed by atoms with Crippen LogP contribution in [0.1, 0.15) is 53.9 Å². The minimum absolute atomic E-state index is 0.0628. The number of amides is 2. The molecule has 4 rings (SSSR count). The summed E-state index contributed by atoms with van der Waals surface area (Å²) >= 11 is 6.20. The van der Waals surface area contributed by atoms with Crippen molar-refractivity contribution in [1.29, 1.82) is 0 Å². The molecule has 2 amide bonds. The van der Waals surface area contributed by atoms with Crippen LogP contribution in [-0.4, -0.2) is 55.7 Å². The van der Waals surface area contributed by atoms with Crippen molar-refractivity contribution < 1.29 is 28.6 Å². The van der Waals surface area contributed by atoms with E-state index >= 15 is 0 Å². The van der Waals surface area contributed by atoms with E-state index in [4.69, 9.17) is 31.5 Å². The van der Waals surface area contributed by atoms with Gasteiger partial charge in [-0.3, -0.25) is 9.59 Å². The number of hydrogen-bond donors (Lipinski definition) is 2. The molecule has 3 N–H and O–H groups in total. The summed E-state index contributed by atoms with van der Waals surface area (Å²) in [4.78, 5) is 40.3. The van der Waals surface area contributed by atoms with Crippen LogP contribution in [0.15, 0.2) is 54.4 Å². The van der Waals surface area contributed by atoms with Crippen LogP contribution in [0, 0.1) is 0 Å². The van der Waals surface area contributed by atoms with Crippen LogP contribution in [0.5, 0.6) is 0 Å². The van der Waals surface area contributed by atoms with Crippen molar-refractivity contribution in [1.82, 2.24) is 4.90 Å². The van der Waals surface area contributed by atoms with Crippen LogP contribution in [0.3, 0.4) is 0 Å². The molecular formula is C28H32ClN3O6. The molecule has 0 spiro atoms. The van der Waals surface area contributed by atoms with Crippen molar-refractivity contribution in [2.24, 2.45) is 0 Å². The molecule has 0 saturated carbocycles. The molecule has 2 aliphatic rings. The first-order valence-corrected chi connectivity index (χ1v) is 12.9. The van der Waals surface area contributed by atoms with Crippen LogP contribution in [0.25, 0.3) is 0 Å². The predicted octanol–water partition coefficient (Wildman–Crippen LogP) is 4.48. The smallest absolute Gasteiger partial charge is 0.337 e. The molecule has 9 nitrogen and oxygen atoms in total. The first-order valence-electron chi connectivity index (χ1n) is 12.5. The fraction of sp³-hybridized carbons (Fsp3) is 0.393. The van der Waals surface area contributed by atoms with Gasteiger partial charge in [0.05, 0.1) is 31.8 Å². The minimum Gasteiger partial charge on any atom is -0.499 e. The summed E-state index contributed by atoms with van der Waals surface area (Å²) in [5, 5.41) is 3.38. The van der Waals surface area contributed by atoms with Crippen LogP contribution in [0.2, 0.25) is 5.02 Å². The fourth-order valence-corrected chi connectivity index (χ4v) is 5.05. The van der Waals surface area contributed by atoms with E-state index in [0.717, 1.165) is 19.3 Å². The molecule has 0 radical (unpaired) electrons. The van der Waals surface area contributed by atoms with Crippen LogP contribution >= 0.6 is 11.6 Å². The number of methoxy groups -OCH3 is 2. The Bertz CT molecular complexity index is 1210. The first kappa shape index (κ1) is 27.5. The molecule has 38 heavy (non-hydrogen) atoms. The van der Waals surface area contributed by atoms with E-state index in [1.54, 1.807) is 48.7 Å². The van der Waals surface area contributed by atoms with Gasteiger partial charge in [0.15, 0.2) is 0 Å². The fourth-order valence-electron chi connectivity index (χ4n) is 4.87. The maximum Gasteiger partial charge on any atom is 0.337 e. The summed E-state index contributed by atoms with van der Waals surface area (Å²) in [6.45, 7) is 0.622. The number of nitrogens with two attached hydrogens (primary N) is 1. The Kier molecular flexibility index (Phi) is 8.91. The van der Waals surface area contributed by atoms with Crippen molar-refractivity contribution in [2.45, 2.75) is 50.2 Å². The lowest BCUT2D eigenvalue weighted by Crippen LogP contribution is -2.49. The Morgan fingerprint density at radius 3 is 2.61 bits per heavy atom. The second-order valence-electron chi connectivity index (χ2n) is 9.36. The average Bonchev–Trinajstić information content (AvgIpc) is 2.93. The molecule has 202 valence electrons. The van der Waals surface area contributed by atoms with Crippen LogP contribution < -0.4 is 11.1 Å². The number of rotatable bonds is 8. The average molecular weight is 542 g/mol. The van der Waals surface area contributed by atoms with E-state index in [1.165, 1.54) is 19.1 Å². The highest BCUT2D eigenvalue weighted by Gasteiger charge is 2.38. The van der Waals surface area contributed by atoms with E-state index in [2.05, 4.69) is 5.32 Å². The third kappa shape index (κ3) is 6.28. The van der Waals surface area contributed by atoms with Gasteiger partial charge in [-0.1, -0.05) is 11.6 Å². The number of esters is 1. The van der Waals surface area contributed by atoms with Gasteiger partial charge in [0.25, 0.3) is 0 Å². The Morgan fingerprint density at radius 1 is 1.18 bits per heavy atom. The molecule has 3 unspecified atom stereocenters. The summed E-state index contributed by atoms with van der Waals surface area (Å²) in [5.74, 6) is -1.01. The SMILES string of the molecule is COC(=O)c1ccc(NC(=O)C(CC2CCCCO2)N2C=C(OC)C(c3cc(Cl)ccc3N)CC2=O)cc1. The number of nitrogens with one attached hydrogen (secondary N) is 1. The van der Waals surface area contributed by atoms with Gasteiger partial charge in [0.1, 0.15) is 11.8 Å². The number of carbonyl (C=O) groups is 3. The van der Waals surface area contributed by atoms with Gasteiger partial charge in [0.2, 0.25) is 11.8 Å². The van der Waals surface area contributed by atoms with Gasteiger partial charge in [-0.15, -0.1) is 0 Å². The second kappa shape index (κ2) is 12.3. The number of carbonyl (C=O) groups excluding carboxylic acids is 3. The number of hydrogen-bond acceptors (Lipinski definition) is 7. The molecule has 1 saturated heterocycles. The predicted molar refractivity (Wildman–Crippen MR) is 144 cm³/mol. The number of ether oxygens (including phenoxy) is 3. The quantitative estimate of drug-likeness (QED) is 0.373. The van der Waals surface area contributed by atoms with Gasteiger partial charge < -0.3 is 30.2 Å². The molecule has 2 heterocycles. The van der Waals surface area contributed by atoms with Crippen molar-refractivity contribution in [3.05, 3.63) is 70.6 Å². The van der Waals surface area contributed by atoms with Gasteiger partial charge in [0, 0.05) is 42.0 Å². The Hall–Kier alpha value is -3.56. The highest BCUT2D eigenvalue weighted by atomic mass is 35.5. The van der Waals surface area contributed by atoms with Gasteiger partial charge in [-0.05, 0) is 67.3 Å². The van der Waals surface area contributed by atoms with E-state index in [-0.39, 0.29) is 24.3 Å². The number of nitrogen functional groups attached to an aromatic ring is 1. The van der Waals surface area contributed by atoms with Crippen molar-refractivity contribution >= 4 is 40.8 Å². The summed E-state index contributed by atoms with van der Waals surface area (Å²) in [6.07, 6.45) is 4.60. The molecule has 1 fully saturated rings. The number of benzene rings is 2. The number of nitrogens with zero attached hydrogens (tertiary/aromatic N) is 1. The summed E-state index contributed by atoms with van der Waals surface area (Å²) in [7, 11) is 2.83. The van der Waals surface area contributed by atoms with Crippen molar-refractivity contribution in [3.8, 4) is 0 Å². The molecule has 10 heteroatoms. The molecule has 2 aliphatic heterocycles. The van der Waals surface area contributed by atoms with Crippen LogP contribution in [-0.2, 0) is 23.8 Å². The third-order valence-electron chi connectivity index (χ3n) is 6.91. The first-order chi connectivity index (χ1) is 18.3. The monoisotopic (exact) mass is 541 g/mol. The largest absolute Gasteiger partial charge is 0.499 e. The molecule has 0 aliphatic carbocycles. The van der Waals surface area contributed by atoms with Crippen molar-refractivity contribution in [2.75, 3.05) is 31.9 Å². The van der Waals surface area contributed by atoms with E-state index in [9.17, 15) is 14.4 Å². The van der Waals surface area contributed by atoms with Gasteiger partial charge >= 0.3 is 5.97 Å². The molecular weight excluding hydrogens is 510 g/mol.